The Kier molecular flexibility index (Phi) is 5.71. The summed E-state index contributed by atoms with van der Waals surface area (Å²) < 4.78 is 1.74. The first kappa shape index (κ1) is 18.8. The maximum atomic E-state index is 12.8. The van der Waals surface area contributed by atoms with Crippen molar-refractivity contribution >= 4 is 22.6 Å². The summed E-state index contributed by atoms with van der Waals surface area (Å²) in [6.07, 6.45) is 1.63. The van der Waals surface area contributed by atoms with Crippen molar-refractivity contribution in [1.82, 2.24) is 25.0 Å². The van der Waals surface area contributed by atoms with Crippen molar-refractivity contribution < 1.29 is 4.79 Å². The van der Waals surface area contributed by atoms with Crippen molar-refractivity contribution in [1.29, 1.82) is 0 Å². The van der Waals surface area contributed by atoms with Gasteiger partial charge in [0.05, 0.1) is 22.3 Å². The lowest BCUT2D eigenvalue weighted by molar-refractivity contribution is 0.0951. The van der Waals surface area contributed by atoms with E-state index in [1.807, 2.05) is 51.2 Å². The second-order valence-electron chi connectivity index (χ2n) is 6.85. The summed E-state index contributed by atoms with van der Waals surface area (Å²) in [4.78, 5) is 19.3. The Balaban J connectivity index is 1.94. The summed E-state index contributed by atoms with van der Waals surface area (Å²) in [5.74, 6) is -0.134. The maximum Gasteiger partial charge on any atom is 0.255 e. The molecule has 142 valence electrons. The molecule has 3 aromatic rings. The summed E-state index contributed by atoms with van der Waals surface area (Å²) in [6, 6.07) is 10.1. The molecule has 0 aliphatic rings. The molecular weight excluding hydrogens is 340 g/mol. The van der Waals surface area contributed by atoms with Crippen LogP contribution >= 0.6 is 0 Å². The van der Waals surface area contributed by atoms with E-state index in [2.05, 4.69) is 32.8 Å². The van der Waals surface area contributed by atoms with Crippen LogP contribution in [0.15, 0.2) is 36.5 Å². The lowest BCUT2D eigenvalue weighted by Crippen LogP contribution is -2.31. The van der Waals surface area contributed by atoms with Crippen molar-refractivity contribution in [2.75, 3.05) is 32.5 Å². The number of aryl methyl sites for hydroxylation is 2. The standard InChI is InChI=1S/C20H26N6O/c1-14-17-18(22-12-15-8-6-5-7-9-15)16(13-23-19(17)26(4)24-14)20(27)21-10-11-25(2)3/h5-9,13H,10-12H2,1-4H3,(H,21,27)(H,22,23). The fourth-order valence-electron chi connectivity index (χ4n) is 3.04. The summed E-state index contributed by atoms with van der Waals surface area (Å²) in [5.41, 5.74) is 4.06. The number of amides is 1. The topological polar surface area (TPSA) is 75.1 Å². The monoisotopic (exact) mass is 366 g/mol. The van der Waals surface area contributed by atoms with Crippen LogP contribution < -0.4 is 10.6 Å². The SMILES string of the molecule is Cc1nn(C)c2ncc(C(=O)NCCN(C)C)c(NCc3ccccc3)c12. The summed E-state index contributed by atoms with van der Waals surface area (Å²) in [5, 5.41) is 11.8. The average molecular weight is 366 g/mol. The molecule has 0 fully saturated rings. The van der Waals surface area contributed by atoms with E-state index in [0.29, 0.717) is 18.7 Å². The Morgan fingerprint density at radius 3 is 2.67 bits per heavy atom. The minimum atomic E-state index is -0.134. The van der Waals surface area contributed by atoms with Crippen LogP contribution in [-0.2, 0) is 13.6 Å². The van der Waals surface area contributed by atoms with Gasteiger partial charge in [-0.2, -0.15) is 5.10 Å². The fourth-order valence-corrected chi connectivity index (χ4v) is 3.04. The minimum Gasteiger partial charge on any atom is -0.380 e. The molecule has 0 saturated heterocycles. The summed E-state index contributed by atoms with van der Waals surface area (Å²) in [7, 11) is 5.82. The van der Waals surface area contributed by atoms with Crippen LogP contribution in [0.3, 0.4) is 0 Å². The Morgan fingerprint density at radius 2 is 1.96 bits per heavy atom. The number of likely N-dealkylation sites (N-methyl/N-ethyl adjacent to an activating group) is 1. The average Bonchev–Trinajstić information content (AvgIpc) is 2.94. The predicted molar refractivity (Wildman–Crippen MR) is 108 cm³/mol. The van der Waals surface area contributed by atoms with Gasteiger partial charge in [0.1, 0.15) is 0 Å². The lowest BCUT2D eigenvalue weighted by Gasteiger charge is -2.15. The smallest absolute Gasteiger partial charge is 0.255 e. The number of carbonyl (C=O) groups is 1. The normalized spacial score (nSPS) is 11.1. The first-order valence-corrected chi connectivity index (χ1v) is 9.00. The van der Waals surface area contributed by atoms with Gasteiger partial charge in [-0.3, -0.25) is 9.48 Å². The molecule has 0 saturated carbocycles. The molecule has 0 bridgehead atoms. The maximum absolute atomic E-state index is 12.8. The molecule has 0 spiro atoms. The second kappa shape index (κ2) is 8.18. The predicted octanol–water partition coefficient (Wildman–Crippen LogP) is 2.18. The number of benzene rings is 1. The summed E-state index contributed by atoms with van der Waals surface area (Å²) >= 11 is 0. The number of aromatic nitrogens is 3. The van der Waals surface area contributed by atoms with E-state index < -0.39 is 0 Å². The van der Waals surface area contributed by atoms with Gasteiger partial charge in [0.25, 0.3) is 5.91 Å². The van der Waals surface area contributed by atoms with Crippen molar-refractivity contribution in [2.24, 2.45) is 7.05 Å². The Labute approximate surface area is 159 Å². The quantitative estimate of drug-likeness (QED) is 0.670. The molecule has 27 heavy (non-hydrogen) atoms. The molecule has 1 amide bonds. The van der Waals surface area contributed by atoms with Crippen molar-refractivity contribution in [3.05, 3.63) is 53.3 Å². The van der Waals surface area contributed by atoms with Gasteiger partial charge >= 0.3 is 0 Å². The molecule has 0 unspecified atom stereocenters. The highest BCUT2D eigenvalue weighted by Gasteiger charge is 2.19. The highest BCUT2D eigenvalue weighted by atomic mass is 16.1. The van der Waals surface area contributed by atoms with Gasteiger partial charge in [0, 0.05) is 32.9 Å². The fraction of sp³-hybridized carbons (Fsp3) is 0.350. The van der Waals surface area contributed by atoms with Crippen molar-refractivity contribution in [2.45, 2.75) is 13.5 Å². The van der Waals surface area contributed by atoms with Crippen LogP contribution in [0, 0.1) is 6.92 Å². The first-order valence-electron chi connectivity index (χ1n) is 9.00. The Hall–Kier alpha value is -2.93. The van der Waals surface area contributed by atoms with E-state index >= 15 is 0 Å². The first-order chi connectivity index (χ1) is 13.0. The number of nitrogens with zero attached hydrogens (tertiary/aromatic N) is 4. The third-order valence-electron chi connectivity index (χ3n) is 4.43. The van der Waals surface area contributed by atoms with Gasteiger partial charge in [-0.25, -0.2) is 4.98 Å². The summed E-state index contributed by atoms with van der Waals surface area (Å²) in [6.45, 7) is 3.91. The van der Waals surface area contributed by atoms with Crippen LogP contribution in [0.1, 0.15) is 21.6 Å². The third-order valence-corrected chi connectivity index (χ3v) is 4.43. The molecular formula is C20H26N6O. The molecule has 2 N–H and O–H groups in total. The number of fused-ring (bicyclic) bond motifs is 1. The highest BCUT2D eigenvalue weighted by Crippen LogP contribution is 2.29. The van der Waals surface area contributed by atoms with E-state index in [1.165, 1.54) is 0 Å². The molecule has 3 rings (SSSR count). The van der Waals surface area contributed by atoms with Crippen LogP contribution in [0.5, 0.6) is 0 Å². The van der Waals surface area contributed by atoms with E-state index in [-0.39, 0.29) is 5.91 Å². The van der Waals surface area contributed by atoms with Crippen LogP contribution in [-0.4, -0.2) is 52.8 Å². The van der Waals surface area contributed by atoms with E-state index in [1.54, 1.807) is 10.9 Å². The molecule has 0 atom stereocenters. The van der Waals surface area contributed by atoms with Crippen LogP contribution in [0.4, 0.5) is 5.69 Å². The second-order valence-corrected chi connectivity index (χ2v) is 6.85. The van der Waals surface area contributed by atoms with Gasteiger partial charge < -0.3 is 15.5 Å². The Bertz CT molecular complexity index is 933. The molecule has 7 nitrogen and oxygen atoms in total. The zero-order valence-corrected chi connectivity index (χ0v) is 16.3. The lowest BCUT2D eigenvalue weighted by atomic mass is 10.1. The number of hydrogen-bond acceptors (Lipinski definition) is 5. The van der Waals surface area contributed by atoms with Crippen molar-refractivity contribution in [3.63, 3.8) is 0 Å². The molecule has 0 aliphatic carbocycles. The van der Waals surface area contributed by atoms with E-state index in [9.17, 15) is 4.79 Å². The minimum absolute atomic E-state index is 0.134. The van der Waals surface area contributed by atoms with Crippen molar-refractivity contribution in [3.8, 4) is 0 Å². The highest BCUT2D eigenvalue weighted by molar-refractivity contribution is 6.07. The van der Waals surface area contributed by atoms with Crippen LogP contribution in [0.25, 0.3) is 11.0 Å². The van der Waals surface area contributed by atoms with Gasteiger partial charge in [-0.1, -0.05) is 30.3 Å². The molecule has 2 aromatic heterocycles. The van der Waals surface area contributed by atoms with E-state index in [4.69, 9.17) is 0 Å². The zero-order chi connectivity index (χ0) is 19.4. The largest absolute Gasteiger partial charge is 0.380 e. The number of hydrogen-bond donors (Lipinski definition) is 2. The number of rotatable bonds is 7. The molecule has 0 radical (unpaired) electrons. The van der Waals surface area contributed by atoms with Gasteiger partial charge in [0.15, 0.2) is 5.65 Å². The molecule has 2 heterocycles. The number of pyridine rings is 1. The number of anilines is 1. The van der Waals surface area contributed by atoms with Crippen LogP contribution in [0.2, 0.25) is 0 Å². The van der Waals surface area contributed by atoms with Gasteiger partial charge in [-0.15, -0.1) is 0 Å². The van der Waals surface area contributed by atoms with Gasteiger partial charge in [-0.05, 0) is 26.6 Å². The molecule has 0 aliphatic heterocycles. The number of nitrogens with one attached hydrogen (secondary N) is 2. The molecule has 7 heteroatoms. The van der Waals surface area contributed by atoms with E-state index in [0.717, 1.165) is 34.5 Å². The Morgan fingerprint density at radius 1 is 1.22 bits per heavy atom. The van der Waals surface area contributed by atoms with Gasteiger partial charge in [0.2, 0.25) is 0 Å². The third kappa shape index (κ3) is 4.25. The number of carbonyl (C=O) groups excluding carboxylic acids is 1. The molecule has 1 aromatic carbocycles. The zero-order valence-electron chi connectivity index (χ0n) is 16.3.